The van der Waals surface area contributed by atoms with Crippen molar-refractivity contribution in [3.63, 3.8) is 0 Å². The molecule has 2 nitrogen and oxygen atoms in total. The Morgan fingerprint density at radius 1 is 0.526 bits per heavy atom. The summed E-state index contributed by atoms with van der Waals surface area (Å²) >= 11 is 0. The highest BCUT2D eigenvalue weighted by molar-refractivity contribution is 5.81. The molecule has 0 unspecified atom stereocenters. The van der Waals surface area contributed by atoms with Crippen LogP contribution in [0.3, 0.4) is 0 Å². The van der Waals surface area contributed by atoms with Crippen LogP contribution < -0.4 is 10.2 Å². The van der Waals surface area contributed by atoms with Crippen LogP contribution in [0.5, 0.6) is 0 Å². The van der Waals surface area contributed by atoms with E-state index >= 15 is 0 Å². The molecule has 4 aromatic carbocycles. The Morgan fingerprint density at radius 3 is 1.39 bits per heavy atom. The summed E-state index contributed by atoms with van der Waals surface area (Å²) in [5.41, 5.74) is 13.9. The average molecular weight is 505 g/mol. The first-order valence-electron chi connectivity index (χ1n) is 13.7. The Labute approximate surface area is 230 Å². The van der Waals surface area contributed by atoms with Crippen molar-refractivity contribution in [3.8, 4) is 0 Å². The predicted octanol–water partition coefficient (Wildman–Crippen LogP) is 10.7. The summed E-state index contributed by atoms with van der Waals surface area (Å²) in [5.74, 6) is 0. The number of hydrogen-bond acceptors (Lipinski definition) is 2. The van der Waals surface area contributed by atoms with Gasteiger partial charge in [-0.2, -0.15) is 0 Å². The van der Waals surface area contributed by atoms with E-state index in [0.717, 1.165) is 17.1 Å². The lowest BCUT2D eigenvalue weighted by Gasteiger charge is -2.31. The van der Waals surface area contributed by atoms with Gasteiger partial charge in [0, 0.05) is 22.7 Å². The molecule has 0 bridgehead atoms. The number of rotatable bonds is 5. The van der Waals surface area contributed by atoms with Gasteiger partial charge in [-0.05, 0) is 108 Å². The first-order chi connectivity index (χ1) is 17.8. The van der Waals surface area contributed by atoms with E-state index in [0.29, 0.717) is 0 Å². The molecule has 38 heavy (non-hydrogen) atoms. The lowest BCUT2D eigenvalue weighted by Crippen LogP contribution is -2.16. The van der Waals surface area contributed by atoms with Crippen molar-refractivity contribution in [1.82, 2.24) is 0 Å². The van der Waals surface area contributed by atoms with Gasteiger partial charge in [-0.1, -0.05) is 84.0 Å². The molecule has 2 heteroatoms. The van der Waals surface area contributed by atoms with Gasteiger partial charge in [-0.25, -0.2) is 0 Å². The maximum absolute atomic E-state index is 3.69. The topological polar surface area (TPSA) is 15.3 Å². The van der Waals surface area contributed by atoms with Crippen LogP contribution >= 0.6 is 0 Å². The lowest BCUT2D eigenvalue weighted by molar-refractivity contribution is 0.589. The van der Waals surface area contributed by atoms with Crippen molar-refractivity contribution >= 4 is 28.4 Å². The van der Waals surface area contributed by atoms with Crippen LogP contribution in [0.4, 0.5) is 28.4 Å². The highest BCUT2D eigenvalue weighted by Gasteiger charge is 2.21. The van der Waals surface area contributed by atoms with Crippen LogP contribution in [-0.2, 0) is 10.8 Å². The molecule has 0 aliphatic heterocycles. The van der Waals surface area contributed by atoms with Crippen LogP contribution in [0.2, 0.25) is 0 Å². The summed E-state index contributed by atoms with van der Waals surface area (Å²) in [6.45, 7) is 22.5. The summed E-state index contributed by atoms with van der Waals surface area (Å²) in [6, 6.07) is 28.8. The molecular formula is C36H44N2. The normalized spacial score (nSPS) is 11.9. The molecule has 0 spiro atoms. The van der Waals surface area contributed by atoms with E-state index in [1.807, 2.05) is 0 Å². The van der Waals surface area contributed by atoms with Crippen molar-refractivity contribution in [3.05, 3.63) is 112 Å². The maximum atomic E-state index is 3.69. The quantitative estimate of drug-likeness (QED) is 0.291. The second-order valence-corrected chi connectivity index (χ2v) is 12.8. The van der Waals surface area contributed by atoms with E-state index in [-0.39, 0.29) is 10.8 Å². The molecule has 0 fully saturated rings. The molecule has 0 aliphatic carbocycles. The van der Waals surface area contributed by atoms with Gasteiger partial charge in [0.25, 0.3) is 0 Å². The van der Waals surface area contributed by atoms with Gasteiger partial charge >= 0.3 is 0 Å². The maximum Gasteiger partial charge on any atom is 0.0520 e. The summed E-state index contributed by atoms with van der Waals surface area (Å²) < 4.78 is 0. The third-order valence-electron chi connectivity index (χ3n) is 7.39. The molecule has 0 atom stereocenters. The zero-order valence-corrected chi connectivity index (χ0v) is 25.0. The molecule has 4 rings (SSSR count). The molecule has 198 valence electrons. The third kappa shape index (κ3) is 5.80. The van der Waals surface area contributed by atoms with Gasteiger partial charge < -0.3 is 10.2 Å². The van der Waals surface area contributed by atoms with Gasteiger partial charge in [0.05, 0.1) is 5.69 Å². The largest absolute Gasteiger partial charge is 0.355 e. The number of aryl methyl sites for hydroxylation is 4. The van der Waals surface area contributed by atoms with Crippen LogP contribution in [0.15, 0.2) is 78.9 Å². The van der Waals surface area contributed by atoms with Gasteiger partial charge in [0.2, 0.25) is 0 Å². The molecule has 4 aromatic rings. The lowest BCUT2D eigenvalue weighted by atomic mass is 9.84. The second-order valence-electron chi connectivity index (χ2n) is 12.8. The average Bonchev–Trinajstić information content (AvgIpc) is 2.83. The fraction of sp³-hybridized carbons (Fsp3) is 0.333. The van der Waals surface area contributed by atoms with Crippen LogP contribution in [0.1, 0.15) is 74.9 Å². The number of para-hydroxylation sites is 1. The van der Waals surface area contributed by atoms with Gasteiger partial charge in [0.15, 0.2) is 0 Å². The van der Waals surface area contributed by atoms with E-state index in [2.05, 4.69) is 158 Å². The monoisotopic (exact) mass is 504 g/mol. The standard InChI is InChI=1S/C36H44N2/c1-24-20-28(35(5,6)7)21-25(2)33(24)37-30-16-18-32(19-17-30)38(31-14-12-11-13-15-31)34-26(3)22-29(23-27(34)4)36(8,9)10/h11-23,37H,1-10H3. The Kier molecular flexibility index (Phi) is 7.48. The third-order valence-corrected chi connectivity index (χ3v) is 7.39. The summed E-state index contributed by atoms with van der Waals surface area (Å²) in [5, 5.41) is 3.69. The molecular weight excluding hydrogens is 460 g/mol. The molecule has 0 heterocycles. The Balaban J connectivity index is 1.73. The van der Waals surface area contributed by atoms with Crippen molar-refractivity contribution in [2.24, 2.45) is 0 Å². The van der Waals surface area contributed by atoms with Gasteiger partial charge in [0.1, 0.15) is 0 Å². The molecule has 0 aromatic heterocycles. The molecule has 0 aliphatic rings. The Morgan fingerprint density at radius 2 is 0.947 bits per heavy atom. The number of anilines is 5. The highest BCUT2D eigenvalue weighted by Crippen LogP contribution is 2.41. The van der Waals surface area contributed by atoms with E-state index < -0.39 is 0 Å². The van der Waals surface area contributed by atoms with Crippen molar-refractivity contribution in [2.75, 3.05) is 10.2 Å². The molecule has 0 saturated heterocycles. The fourth-order valence-corrected chi connectivity index (χ4v) is 5.16. The Bertz CT molecular complexity index is 1370. The van der Waals surface area contributed by atoms with Crippen molar-refractivity contribution in [2.45, 2.75) is 80.1 Å². The Hall–Kier alpha value is -3.52. The predicted molar refractivity (Wildman–Crippen MR) is 167 cm³/mol. The summed E-state index contributed by atoms with van der Waals surface area (Å²) in [4.78, 5) is 2.38. The summed E-state index contributed by atoms with van der Waals surface area (Å²) in [7, 11) is 0. The number of nitrogens with one attached hydrogen (secondary N) is 1. The number of nitrogens with zero attached hydrogens (tertiary/aromatic N) is 1. The second kappa shape index (κ2) is 10.3. The van der Waals surface area contributed by atoms with Gasteiger partial charge in [-0.15, -0.1) is 0 Å². The van der Waals surface area contributed by atoms with E-state index in [4.69, 9.17) is 0 Å². The van der Waals surface area contributed by atoms with Crippen molar-refractivity contribution in [1.29, 1.82) is 0 Å². The molecule has 1 N–H and O–H groups in total. The minimum atomic E-state index is 0.111. The minimum absolute atomic E-state index is 0.111. The SMILES string of the molecule is Cc1cc(C(C)(C)C)cc(C)c1Nc1ccc(N(c2ccccc2)c2c(C)cc(C(C)(C)C)cc2C)cc1. The van der Waals surface area contributed by atoms with E-state index in [1.165, 1.54) is 44.8 Å². The first-order valence-corrected chi connectivity index (χ1v) is 13.7. The van der Waals surface area contributed by atoms with E-state index in [1.54, 1.807) is 0 Å². The molecule has 0 amide bonds. The van der Waals surface area contributed by atoms with Crippen molar-refractivity contribution < 1.29 is 0 Å². The highest BCUT2D eigenvalue weighted by atomic mass is 15.1. The smallest absolute Gasteiger partial charge is 0.0520 e. The summed E-state index contributed by atoms with van der Waals surface area (Å²) in [6.07, 6.45) is 0. The zero-order valence-electron chi connectivity index (χ0n) is 25.0. The number of hydrogen-bond donors (Lipinski definition) is 1. The fourth-order valence-electron chi connectivity index (χ4n) is 5.16. The van der Waals surface area contributed by atoms with Crippen LogP contribution in [-0.4, -0.2) is 0 Å². The molecule has 0 radical (unpaired) electrons. The minimum Gasteiger partial charge on any atom is -0.355 e. The molecule has 0 saturated carbocycles. The van der Waals surface area contributed by atoms with Crippen LogP contribution in [0.25, 0.3) is 0 Å². The number of benzene rings is 4. The van der Waals surface area contributed by atoms with Gasteiger partial charge in [-0.3, -0.25) is 0 Å². The first kappa shape index (κ1) is 27.5. The zero-order chi connectivity index (χ0) is 27.8. The van der Waals surface area contributed by atoms with E-state index in [9.17, 15) is 0 Å². The van der Waals surface area contributed by atoms with Crippen LogP contribution in [0, 0.1) is 27.7 Å².